The van der Waals surface area contributed by atoms with Crippen LogP contribution < -0.4 is 10.0 Å². The molecule has 0 spiro atoms. The lowest BCUT2D eigenvalue weighted by atomic mass is 10.1. The van der Waals surface area contributed by atoms with Gasteiger partial charge >= 0.3 is 5.97 Å². The quantitative estimate of drug-likeness (QED) is 0.298. The van der Waals surface area contributed by atoms with Gasteiger partial charge in [-0.1, -0.05) is 59.6 Å². The smallest absolute Gasteiger partial charge is 0.326 e. The van der Waals surface area contributed by atoms with Crippen LogP contribution in [0.1, 0.15) is 15.9 Å². The molecule has 0 aliphatic carbocycles. The number of carbonyl (C=O) groups excluding carboxylic acids is 1. The zero-order valence-corrected chi connectivity index (χ0v) is 20.7. The highest BCUT2D eigenvalue weighted by Crippen LogP contribution is 2.32. The van der Waals surface area contributed by atoms with Crippen LogP contribution >= 0.6 is 34.9 Å². The first-order chi connectivity index (χ1) is 16.7. The summed E-state index contributed by atoms with van der Waals surface area (Å²) in [7, 11) is -4.23. The number of aromatic nitrogens is 2. The molecule has 0 saturated carbocycles. The van der Waals surface area contributed by atoms with Crippen molar-refractivity contribution >= 4 is 73.6 Å². The molecule has 35 heavy (non-hydrogen) atoms. The van der Waals surface area contributed by atoms with Gasteiger partial charge in [0.05, 0.1) is 33.0 Å². The summed E-state index contributed by atoms with van der Waals surface area (Å²) in [6.45, 7) is 0. The van der Waals surface area contributed by atoms with Gasteiger partial charge in [0.25, 0.3) is 15.9 Å². The highest BCUT2D eigenvalue weighted by Gasteiger charge is 2.26. The molecule has 3 N–H and O–H groups in total. The SMILES string of the molecule is O=C(NC(Cc1ccccc1)C(=O)O)c1cc(Cl)c(Cl)cc1NS(=O)(=O)c1cccc2nsnc12. The van der Waals surface area contributed by atoms with E-state index in [9.17, 15) is 23.1 Å². The van der Waals surface area contributed by atoms with Gasteiger partial charge in [-0.05, 0) is 29.8 Å². The van der Waals surface area contributed by atoms with E-state index in [1.807, 2.05) is 0 Å². The summed E-state index contributed by atoms with van der Waals surface area (Å²) in [5.74, 6) is -2.11. The Labute approximate surface area is 214 Å². The van der Waals surface area contributed by atoms with E-state index >= 15 is 0 Å². The monoisotopic (exact) mass is 550 g/mol. The molecule has 4 rings (SSSR count). The lowest BCUT2D eigenvalue weighted by Gasteiger charge is -2.18. The molecule has 0 fully saturated rings. The predicted octanol–water partition coefficient (Wildman–Crippen LogP) is 4.22. The third kappa shape index (κ3) is 5.54. The van der Waals surface area contributed by atoms with E-state index in [-0.39, 0.29) is 38.1 Å². The van der Waals surface area contributed by atoms with E-state index in [1.54, 1.807) is 36.4 Å². The minimum Gasteiger partial charge on any atom is -0.480 e. The van der Waals surface area contributed by atoms with Crippen molar-refractivity contribution in [3.63, 3.8) is 0 Å². The molecule has 1 aromatic heterocycles. The Hall–Kier alpha value is -3.25. The number of carbonyl (C=O) groups is 2. The number of aliphatic carboxylic acids is 1. The number of sulfonamides is 1. The van der Waals surface area contributed by atoms with Gasteiger partial charge in [0.2, 0.25) is 0 Å². The molecule has 4 aromatic rings. The van der Waals surface area contributed by atoms with Crippen molar-refractivity contribution in [1.82, 2.24) is 14.1 Å². The summed E-state index contributed by atoms with van der Waals surface area (Å²) < 4.78 is 36.8. The van der Waals surface area contributed by atoms with Gasteiger partial charge in [0.1, 0.15) is 22.0 Å². The van der Waals surface area contributed by atoms with Crippen molar-refractivity contribution in [2.75, 3.05) is 4.72 Å². The van der Waals surface area contributed by atoms with Crippen molar-refractivity contribution in [1.29, 1.82) is 0 Å². The average molecular weight is 551 g/mol. The number of nitrogens with one attached hydrogen (secondary N) is 2. The van der Waals surface area contributed by atoms with Gasteiger partial charge in [0.15, 0.2) is 0 Å². The van der Waals surface area contributed by atoms with E-state index in [0.717, 1.165) is 11.7 Å². The van der Waals surface area contributed by atoms with Gasteiger partial charge in [-0.2, -0.15) is 8.75 Å². The van der Waals surface area contributed by atoms with Crippen molar-refractivity contribution < 1.29 is 23.1 Å². The van der Waals surface area contributed by atoms with Crippen LogP contribution in [0.2, 0.25) is 10.0 Å². The van der Waals surface area contributed by atoms with Crippen LogP contribution in [-0.4, -0.2) is 40.2 Å². The van der Waals surface area contributed by atoms with Crippen LogP contribution in [0.4, 0.5) is 5.69 Å². The minimum atomic E-state index is -4.23. The first-order valence-corrected chi connectivity index (χ1v) is 12.9. The minimum absolute atomic E-state index is 0.00600. The summed E-state index contributed by atoms with van der Waals surface area (Å²) in [6.07, 6.45) is 0.0170. The molecule has 180 valence electrons. The number of rotatable bonds is 8. The summed E-state index contributed by atoms with van der Waals surface area (Å²) in [5, 5.41) is 12.0. The molecule has 0 saturated heterocycles. The van der Waals surface area contributed by atoms with Crippen LogP contribution in [0, 0.1) is 0 Å². The number of hydrogen-bond acceptors (Lipinski definition) is 7. The van der Waals surface area contributed by atoms with Gasteiger partial charge in [0, 0.05) is 6.42 Å². The maximum atomic E-state index is 13.2. The Kier molecular flexibility index (Phi) is 7.22. The Bertz CT molecular complexity index is 1530. The molecular weight excluding hydrogens is 535 g/mol. The molecule has 0 aliphatic rings. The fraction of sp³-hybridized carbons (Fsp3) is 0.0909. The van der Waals surface area contributed by atoms with Crippen molar-refractivity contribution in [3.05, 3.63) is 81.8 Å². The Balaban J connectivity index is 1.67. The lowest BCUT2D eigenvalue weighted by molar-refractivity contribution is -0.139. The van der Waals surface area contributed by atoms with Crippen LogP contribution in [-0.2, 0) is 21.2 Å². The average Bonchev–Trinajstić information content (AvgIpc) is 3.30. The van der Waals surface area contributed by atoms with Crippen LogP contribution in [0.5, 0.6) is 0 Å². The van der Waals surface area contributed by atoms with E-state index < -0.39 is 27.9 Å². The Morgan fingerprint density at radius 3 is 2.43 bits per heavy atom. The fourth-order valence-corrected chi connectivity index (χ4v) is 5.47. The van der Waals surface area contributed by atoms with E-state index in [0.29, 0.717) is 11.1 Å². The highest BCUT2D eigenvalue weighted by atomic mass is 35.5. The number of carboxylic acids is 1. The Morgan fingerprint density at radius 2 is 1.71 bits per heavy atom. The number of halogens is 2. The molecule has 1 atom stereocenters. The second-order valence-electron chi connectivity index (χ2n) is 7.36. The summed E-state index contributed by atoms with van der Waals surface area (Å²) in [4.78, 5) is 24.8. The molecule has 0 radical (unpaired) electrons. The third-order valence-corrected chi connectivity index (χ3v) is 7.64. The molecule has 9 nitrogen and oxygen atoms in total. The fourth-order valence-electron chi connectivity index (χ4n) is 3.30. The molecule has 0 aliphatic heterocycles. The maximum Gasteiger partial charge on any atom is 0.326 e. The standard InChI is InChI=1S/C22H16Cl2N4O5S2/c23-14-10-13(21(29)25-18(22(30)31)9-12-5-2-1-3-6-12)17(11-15(14)24)28-35(32,33)19-8-4-7-16-20(19)27-34-26-16/h1-8,10-11,18,28H,9H2,(H,25,29)(H,30,31). The first kappa shape index (κ1) is 24.9. The second-order valence-corrected chi connectivity index (χ2v) is 10.4. The molecule has 1 amide bonds. The second kappa shape index (κ2) is 10.2. The molecular formula is C22H16Cl2N4O5S2. The highest BCUT2D eigenvalue weighted by molar-refractivity contribution is 7.93. The topological polar surface area (TPSA) is 138 Å². The first-order valence-electron chi connectivity index (χ1n) is 9.96. The number of carboxylic acid groups (broad SMARTS) is 1. The summed E-state index contributed by atoms with van der Waals surface area (Å²) >= 11 is 13.0. The largest absolute Gasteiger partial charge is 0.480 e. The molecule has 1 heterocycles. The summed E-state index contributed by atoms with van der Waals surface area (Å²) in [5.41, 5.74) is 0.882. The van der Waals surface area contributed by atoms with E-state index in [4.69, 9.17) is 23.2 Å². The van der Waals surface area contributed by atoms with Crippen molar-refractivity contribution in [2.24, 2.45) is 0 Å². The number of benzene rings is 3. The summed E-state index contributed by atoms with van der Waals surface area (Å²) in [6, 6.07) is 14.3. The third-order valence-electron chi connectivity index (χ3n) is 4.97. The van der Waals surface area contributed by atoms with Crippen LogP contribution in [0.25, 0.3) is 11.0 Å². The van der Waals surface area contributed by atoms with Crippen LogP contribution in [0.15, 0.2) is 65.6 Å². The van der Waals surface area contributed by atoms with Gasteiger partial charge < -0.3 is 10.4 Å². The zero-order valence-electron chi connectivity index (χ0n) is 17.6. The number of amides is 1. The molecule has 1 unspecified atom stereocenters. The molecule has 13 heteroatoms. The molecule has 0 bridgehead atoms. The van der Waals surface area contributed by atoms with E-state index in [2.05, 4.69) is 18.8 Å². The van der Waals surface area contributed by atoms with Gasteiger partial charge in [-0.15, -0.1) is 0 Å². The number of anilines is 1. The Morgan fingerprint density at radius 1 is 1.00 bits per heavy atom. The van der Waals surface area contributed by atoms with Gasteiger partial charge in [-0.25, -0.2) is 13.2 Å². The molecule has 3 aromatic carbocycles. The lowest BCUT2D eigenvalue weighted by Crippen LogP contribution is -2.42. The maximum absolute atomic E-state index is 13.2. The number of fused-ring (bicyclic) bond motifs is 1. The number of hydrogen-bond donors (Lipinski definition) is 3. The normalized spacial score (nSPS) is 12.3. The van der Waals surface area contributed by atoms with Gasteiger partial charge in [-0.3, -0.25) is 9.52 Å². The van der Waals surface area contributed by atoms with Crippen LogP contribution in [0.3, 0.4) is 0 Å². The van der Waals surface area contributed by atoms with Crippen molar-refractivity contribution in [2.45, 2.75) is 17.4 Å². The zero-order chi connectivity index (χ0) is 25.2. The van der Waals surface area contributed by atoms with Crippen molar-refractivity contribution in [3.8, 4) is 0 Å². The predicted molar refractivity (Wildman–Crippen MR) is 134 cm³/mol. The number of nitrogens with zero attached hydrogens (tertiary/aromatic N) is 2. The van der Waals surface area contributed by atoms with E-state index in [1.165, 1.54) is 24.3 Å².